The van der Waals surface area contributed by atoms with Gasteiger partial charge < -0.3 is 15.7 Å². The predicted octanol–water partition coefficient (Wildman–Crippen LogP) is 5.35. The maximum absolute atomic E-state index is 12.7. The molecule has 0 saturated heterocycles. The number of urea groups is 1. The van der Waals surface area contributed by atoms with E-state index >= 15 is 0 Å². The molecule has 0 aromatic heterocycles. The minimum atomic E-state index is -4.49. The van der Waals surface area contributed by atoms with Gasteiger partial charge in [0, 0.05) is 5.69 Å². The van der Waals surface area contributed by atoms with E-state index in [0.717, 1.165) is 17.7 Å². The maximum atomic E-state index is 12.7. The molecular formula is C18H19F3N2O2. The Kier molecular flexibility index (Phi) is 4.97. The first-order chi connectivity index (χ1) is 11.5. The number of carbonyl (C=O) groups is 1. The molecule has 0 aliphatic carbocycles. The lowest BCUT2D eigenvalue weighted by molar-refractivity contribution is -0.137. The van der Waals surface area contributed by atoms with Gasteiger partial charge in [0.25, 0.3) is 0 Å². The highest BCUT2D eigenvalue weighted by molar-refractivity contribution is 6.00. The summed E-state index contributed by atoms with van der Waals surface area (Å²) in [6.45, 7) is 5.93. The van der Waals surface area contributed by atoms with Crippen molar-refractivity contribution in [2.75, 3.05) is 10.6 Å². The van der Waals surface area contributed by atoms with Crippen molar-refractivity contribution in [3.63, 3.8) is 0 Å². The average Bonchev–Trinajstić information content (AvgIpc) is 2.47. The Bertz CT molecular complexity index is 781. The second-order valence-electron chi connectivity index (χ2n) is 6.64. The third-order valence-electron chi connectivity index (χ3n) is 3.56. The Morgan fingerprint density at radius 1 is 0.960 bits per heavy atom. The van der Waals surface area contributed by atoms with Crippen LogP contribution in [0.2, 0.25) is 0 Å². The fraction of sp³-hybridized carbons (Fsp3) is 0.278. The zero-order valence-corrected chi connectivity index (χ0v) is 14.0. The van der Waals surface area contributed by atoms with Gasteiger partial charge in [-0.25, -0.2) is 4.79 Å². The molecule has 0 aliphatic rings. The van der Waals surface area contributed by atoms with Crippen LogP contribution in [-0.2, 0) is 11.6 Å². The van der Waals surface area contributed by atoms with Crippen LogP contribution in [0, 0.1) is 0 Å². The Hall–Kier alpha value is -2.70. The van der Waals surface area contributed by atoms with E-state index in [9.17, 15) is 23.1 Å². The molecule has 134 valence electrons. The van der Waals surface area contributed by atoms with Crippen molar-refractivity contribution in [1.82, 2.24) is 0 Å². The van der Waals surface area contributed by atoms with Crippen molar-refractivity contribution < 1.29 is 23.1 Å². The minimum absolute atomic E-state index is 0.00112. The largest absolute Gasteiger partial charge is 0.506 e. The van der Waals surface area contributed by atoms with Crippen LogP contribution in [-0.4, -0.2) is 11.1 Å². The second-order valence-corrected chi connectivity index (χ2v) is 6.64. The summed E-state index contributed by atoms with van der Waals surface area (Å²) in [5, 5.41) is 14.7. The predicted molar refractivity (Wildman–Crippen MR) is 90.9 cm³/mol. The number of hydrogen-bond donors (Lipinski definition) is 3. The number of benzene rings is 2. The summed E-state index contributed by atoms with van der Waals surface area (Å²) in [5.41, 5.74) is 0.0139. The highest BCUT2D eigenvalue weighted by Gasteiger charge is 2.30. The first-order valence-corrected chi connectivity index (χ1v) is 7.55. The number of halogens is 3. The van der Waals surface area contributed by atoms with Crippen LogP contribution in [0.3, 0.4) is 0 Å². The quantitative estimate of drug-likeness (QED) is 0.638. The van der Waals surface area contributed by atoms with Crippen LogP contribution in [0.25, 0.3) is 0 Å². The van der Waals surface area contributed by atoms with Gasteiger partial charge >= 0.3 is 12.2 Å². The average molecular weight is 352 g/mol. The van der Waals surface area contributed by atoms with Gasteiger partial charge in [-0.3, -0.25) is 0 Å². The van der Waals surface area contributed by atoms with Gasteiger partial charge in [-0.05, 0) is 41.3 Å². The van der Waals surface area contributed by atoms with Crippen molar-refractivity contribution in [3.8, 4) is 5.75 Å². The molecule has 3 N–H and O–H groups in total. The third-order valence-corrected chi connectivity index (χ3v) is 3.56. The van der Waals surface area contributed by atoms with Gasteiger partial charge in [0.15, 0.2) is 0 Å². The lowest BCUT2D eigenvalue weighted by Gasteiger charge is -2.20. The molecule has 0 fully saturated rings. The molecular weight excluding hydrogens is 333 g/mol. The van der Waals surface area contributed by atoms with Gasteiger partial charge in [-0.2, -0.15) is 13.2 Å². The number of carbonyl (C=O) groups excluding carboxylic acids is 1. The summed E-state index contributed by atoms with van der Waals surface area (Å²) in [7, 11) is 0. The summed E-state index contributed by atoms with van der Waals surface area (Å²) in [6, 6.07) is 8.39. The molecule has 0 unspecified atom stereocenters. The van der Waals surface area contributed by atoms with Gasteiger partial charge in [-0.15, -0.1) is 0 Å². The molecule has 0 radical (unpaired) electrons. The molecule has 0 bridgehead atoms. The van der Waals surface area contributed by atoms with E-state index in [2.05, 4.69) is 10.6 Å². The van der Waals surface area contributed by atoms with E-state index in [-0.39, 0.29) is 22.5 Å². The Labute approximate surface area is 143 Å². The number of phenols is 1. The fourth-order valence-electron chi connectivity index (χ4n) is 2.16. The fourth-order valence-corrected chi connectivity index (χ4v) is 2.16. The summed E-state index contributed by atoms with van der Waals surface area (Å²) in [5.74, 6) is -0.132. The number of alkyl halides is 3. The van der Waals surface area contributed by atoms with Gasteiger partial charge in [0.1, 0.15) is 5.75 Å². The van der Waals surface area contributed by atoms with Gasteiger partial charge in [-0.1, -0.05) is 32.9 Å². The Balaban J connectivity index is 2.16. The maximum Gasteiger partial charge on any atom is 0.416 e. The number of nitrogens with one attached hydrogen (secondary N) is 2. The number of phenolic OH excluding ortho intramolecular Hbond substituents is 1. The van der Waals surface area contributed by atoms with E-state index in [4.69, 9.17) is 0 Å². The third kappa shape index (κ3) is 4.89. The first kappa shape index (κ1) is 18.6. The molecule has 0 atom stereocenters. The van der Waals surface area contributed by atoms with Crippen molar-refractivity contribution in [2.45, 2.75) is 32.4 Å². The molecule has 0 aliphatic heterocycles. The number of amides is 2. The van der Waals surface area contributed by atoms with Crippen LogP contribution in [0.5, 0.6) is 5.75 Å². The van der Waals surface area contributed by atoms with E-state index in [1.807, 2.05) is 20.8 Å². The second kappa shape index (κ2) is 6.66. The van der Waals surface area contributed by atoms with Crippen molar-refractivity contribution in [3.05, 3.63) is 53.6 Å². The zero-order chi connectivity index (χ0) is 18.8. The van der Waals surface area contributed by atoms with Crippen molar-refractivity contribution in [1.29, 1.82) is 0 Å². The zero-order valence-electron chi connectivity index (χ0n) is 14.0. The molecule has 2 rings (SSSR count). The number of aromatic hydroxyl groups is 1. The standard InChI is InChI=1S/C18H19F3N2O2/c1-17(2,3)11-7-8-15(24)14(10-11)23-16(25)22-13-6-4-5-12(9-13)18(19,20)21/h4-10,24H,1-3H3,(H2,22,23,25). The summed E-state index contributed by atoms with van der Waals surface area (Å²) in [6.07, 6.45) is -4.49. The van der Waals surface area contributed by atoms with Crippen molar-refractivity contribution in [2.24, 2.45) is 0 Å². The topological polar surface area (TPSA) is 61.4 Å². The SMILES string of the molecule is CC(C)(C)c1ccc(O)c(NC(=O)Nc2cccc(C(F)(F)F)c2)c1. The molecule has 2 aromatic carbocycles. The lowest BCUT2D eigenvalue weighted by atomic mass is 9.87. The lowest BCUT2D eigenvalue weighted by Crippen LogP contribution is -2.20. The number of rotatable bonds is 2. The summed E-state index contributed by atoms with van der Waals surface area (Å²) < 4.78 is 38.1. The number of hydrogen-bond acceptors (Lipinski definition) is 2. The molecule has 0 heterocycles. The van der Waals surface area contributed by atoms with Crippen LogP contribution < -0.4 is 10.6 Å². The van der Waals surface area contributed by atoms with Crippen LogP contribution in [0.4, 0.5) is 29.3 Å². The van der Waals surface area contributed by atoms with Crippen LogP contribution in [0.15, 0.2) is 42.5 Å². The van der Waals surface area contributed by atoms with Crippen molar-refractivity contribution >= 4 is 17.4 Å². The van der Waals surface area contributed by atoms with Crippen LogP contribution >= 0.6 is 0 Å². The molecule has 0 saturated carbocycles. The van der Waals surface area contributed by atoms with E-state index in [1.165, 1.54) is 18.2 Å². The molecule has 7 heteroatoms. The van der Waals surface area contributed by atoms with E-state index in [0.29, 0.717) is 0 Å². The molecule has 4 nitrogen and oxygen atoms in total. The Morgan fingerprint density at radius 3 is 2.24 bits per heavy atom. The smallest absolute Gasteiger partial charge is 0.416 e. The molecule has 2 aromatic rings. The monoisotopic (exact) mass is 352 g/mol. The van der Waals surface area contributed by atoms with E-state index in [1.54, 1.807) is 12.1 Å². The number of anilines is 2. The highest BCUT2D eigenvalue weighted by atomic mass is 19.4. The van der Waals surface area contributed by atoms with Crippen LogP contribution in [0.1, 0.15) is 31.9 Å². The Morgan fingerprint density at radius 2 is 1.64 bits per heavy atom. The summed E-state index contributed by atoms with van der Waals surface area (Å²) in [4.78, 5) is 12.0. The first-order valence-electron chi connectivity index (χ1n) is 7.55. The van der Waals surface area contributed by atoms with E-state index < -0.39 is 17.8 Å². The van der Waals surface area contributed by atoms with Gasteiger partial charge in [0.2, 0.25) is 0 Å². The highest BCUT2D eigenvalue weighted by Crippen LogP contribution is 2.32. The van der Waals surface area contributed by atoms with Gasteiger partial charge in [0.05, 0.1) is 11.3 Å². The summed E-state index contributed by atoms with van der Waals surface area (Å²) >= 11 is 0. The molecule has 0 spiro atoms. The minimum Gasteiger partial charge on any atom is -0.506 e. The molecule has 25 heavy (non-hydrogen) atoms. The molecule has 2 amide bonds. The normalized spacial score (nSPS) is 11.9.